The van der Waals surface area contributed by atoms with E-state index in [9.17, 15) is 9.90 Å². The first-order chi connectivity index (χ1) is 13.5. The summed E-state index contributed by atoms with van der Waals surface area (Å²) in [6, 6.07) is 16.6. The number of hydrazine groups is 1. The van der Waals surface area contributed by atoms with Crippen LogP contribution in [0.4, 0.5) is 0 Å². The Kier molecular flexibility index (Phi) is 7.06. The maximum Gasteiger partial charge on any atom is 0.257 e. The van der Waals surface area contributed by atoms with E-state index in [-0.39, 0.29) is 11.7 Å². The van der Waals surface area contributed by atoms with Crippen molar-refractivity contribution in [3.63, 3.8) is 0 Å². The molecule has 28 heavy (non-hydrogen) atoms. The van der Waals surface area contributed by atoms with Gasteiger partial charge >= 0.3 is 0 Å². The molecule has 1 aliphatic rings. The van der Waals surface area contributed by atoms with Gasteiger partial charge in [-0.15, -0.1) is 0 Å². The van der Waals surface area contributed by atoms with Gasteiger partial charge in [0.05, 0.1) is 5.56 Å². The molecule has 0 aromatic heterocycles. The van der Waals surface area contributed by atoms with E-state index in [0.29, 0.717) is 24.2 Å². The highest BCUT2D eigenvalue weighted by Crippen LogP contribution is 2.24. The van der Waals surface area contributed by atoms with Crippen LogP contribution in [0.25, 0.3) is 0 Å². The molecule has 3 rings (SSSR count). The van der Waals surface area contributed by atoms with Gasteiger partial charge in [-0.1, -0.05) is 54.8 Å². The number of unbranched alkanes of at least 4 members (excludes halogenated alkanes) is 2. The molecule has 1 amide bonds. The highest BCUT2D eigenvalue weighted by atomic mass is 16.3. The van der Waals surface area contributed by atoms with E-state index in [4.69, 9.17) is 0 Å². The largest absolute Gasteiger partial charge is 0.507 e. The van der Waals surface area contributed by atoms with E-state index in [1.165, 1.54) is 5.56 Å². The van der Waals surface area contributed by atoms with E-state index in [2.05, 4.69) is 35.1 Å². The van der Waals surface area contributed by atoms with Gasteiger partial charge in [0.15, 0.2) is 0 Å². The first-order valence-electron chi connectivity index (χ1n) is 10.2. The monoisotopic (exact) mass is 381 g/mol. The molecule has 1 heterocycles. The van der Waals surface area contributed by atoms with Gasteiger partial charge in [0.2, 0.25) is 0 Å². The quantitative estimate of drug-likeness (QED) is 0.606. The van der Waals surface area contributed by atoms with Crippen LogP contribution in [-0.4, -0.2) is 35.5 Å². The van der Waals surface area contributed by atoms with Crippen LogP contribution in [-0.2, 0) is 0 Å². The summed E-state index contributed by atoms with van der Waals surface area (Å²) in [7, 11) is 1.80. The van der Waals surface area contributed by atoms with E-state index in [1.54, 1.807) is 30.1 Å². The number of carbonyl (C=O) groups excluding carboxylic acids is 1. The number of aryl methyl sites for hydroxylation is 1. The number of carbonyl (C=O) groups is 1. The van der Waals surface area contributed by atoms with Gasteiger partial charge in [-0.25, -0.2) is 0 Å². The molecule has 0 saturated carbocycles. The zero-order valence-corrected chi connectivity index (χ0v) is 16.8. The molecule has 5 heteroatoms. The number of hydrogen-bond acceptors (Lipinski definition) is 4. The van der Waals surface area contributed by atoms with Crippen molar-refractivity contribution < 1.29 is 9.90 Å². The minimum absolute atomic E-state index is 0.0511. The lowest BCUT2D eigenvalue weighted by Crippen LogP contribution is -2.30. The zero-order valence-electron chi connectivity index (χ0n) is 16.8. The fraction of sp³-hybridized carbons (Fsp3) is 0.435. The number of amides is 1. The SMILES string of the molecule is Cc1ccc(O)c(C(=O)N(C)CCCCCC2CC(c3ccccc3)NN2)c1. The van der Waals surface area contributed by atoms with Crippen molar-refractivity contribution in [1.29, 1.82) is 0 Å². The van der Waals surface area contributed by atoms with Crippen LogP contribution < -0.4 is 10.9 Å². The Balaban J connectivity index is 1.35. The summed E-state index contributed by atoms with van der Waals surface area (Å²) in [6.45, 7) is 2.62. The zero-order chi connectivity index (χ0) is 19.9. The summed E-state index contributed by atoms with van der Waals surface area (Å²) >= 11 is 0. The summed E-state index contributed by atoms with van der Waals surface area (Å²) in [5.74, 6) is -0.0659. The molecule has 1 aliphatic heterocycles. The average molecular weight is 382 g/mol. The second-order valence-corrected chi connectivity index (χ2v) is 7.78. The standard InChI is InChI=1S/C23H31N3O2/c1-17-12-13-22(27)20(15-17)23(28)26(2)14-8-4-7-11-19-16-21(25-24-19)18-9-5-3-6-10-18/h3,5-6,9-10,12-13,15,19,21,24-25,27H,4,7-8,11,14,16H2,1-2H3. The van der Waals surface area contributed by atoms with Crippen molar-refractivity contribution in [2.75, 3.05) is 13.6 Å². The van der Waals surface area contributed by atoms with Gasteiger partial charge in [-0.3, -0.25) is 15.6 Å². The molecule has 5 nitrogen and oxygen atoms in total. The van der Waals surface area contributed by atoms with Crippen molar-refractivity contribution >= 4 is 5.91 Å². The number of nitrogens with one attached hydrogen (secondary N) is 2. The molecule has 0 spiro atoms. The molecule has 1 saturated heterocycles. The lowest BCUT2D eigenvalue weighted by molar-refractivity contribution is 0.0789. The first kappa shape index (κ1) is 20.4. The Morgan fingerprint density at radius 3 is 2.68 bits per heavy atom. The van der Waals surface area contributed by atoms with Gasteiger partial charge in [0.25, 0.3) is 5.91 Å². The fourth-order valence-electron chi connectivity index (χ4n) is 3.76. The summed E-state index contributed by atoms with van der Waals surface area (Å²) in [5, 5.41) is 9.93. The minimum Gasteiger partial charge on any atom is -0.507 e. The molecule has 0 bridgehead atoms. The number of phenols is 1. The first-order valence-corrected chi connectivity index (χ1v) is 10.2. The second kappa shape index (κ2) is 9.71. The minimum atomic E-state index is -0.117. The predicted octanol–water partition coefficient (Wildman–Crippen LogP) is 3.94. The molecule has 0 aliphatic carbocycles. The number of benzene rings is 2. The smallest absolute Gasteiger partial charge is 0.257 e. The lowest BCUT2D eigenvalue weighted by Gasteiger charge is -2.18. The van der Waals surface area contributed by atoms with Gasteiger partial charge in [-0.05, 0) is 43.9 Å². The Morgan fingerprint density at radius 2 is 1.89 bits per heavy atom. The van der Waals surface area contributed by atoms with E-state index >= 15 is 0 Å². The van der Waals surface area contributed by atoms with Crippen LogP contribution in [0.2, 0.25) is 0 Å². The number of phenolic OH excluding ortho intramolecular Hbond substituents is 1. The van der Waals surface area contributed by atoms with Gasteiger partial charge in [-0.2, -0.15) is 0 Å². The molecular formula is C23H31N3O2. The number of aromatic hydroxyl groups is 1. The normalized spacial score (nSPS) is 18.9. The summed E-state index contributed by atoms with van der Waals surface area (Å²) < 4.78 is 0. The lowest BCUT2D eigenvalue weighted by atomic mass is 9.99. The fourth-order valence-corrected chi connectivity index (χ4v) is 3.76. The van der Waals surface area contributed by atoms with Crippen molar-refractivity contribution in [2.24, 2.45) is 0 Å². The van der Waals surface area contributed by atoms with Crippen LogP contribution in [0, 0.1) is 6.92 Å². The molecule has 2 atom stereocenters. The summed E-state index contributed by atoms with van der Waals surface area (Å²) in [6.07, 6.45) is 5.43. The van der Waals surface area contributed by atoms with E-state index < -0.39 is 0 Å². The van der Waals surface area contributed by atoms with E-state index in [1.807, 2.05) is 13.0 Å². The summed E-state index contributed by atoms with van der Waals surface area (Å²) in [4.78, 5) is 14.2. The molecule has 150 valence electrons. The highest BCUT2D eigenvalue weighted by Gasteiger charge is 2.24. The Morgan fingerprint density at radius 1 is 1.11 bits per heavy atom. The third-order valence-electron chi connectivity index (χ3n) is 5.46. The van der Waals surface area contributed by atoms with Crippen LogP contribution in [0.1, 0.15) is 59.6 Å². The maximum absolute atomic E-state index is 12.5. The predicted molar refractivity (Wildman–Crippen MR) is 112 cm³/mol. The molecule has 2 aromatic carbocycles. The van der Waals surface area contributed by atoms with Crippen LogP contribution >= 0.6 is 0 Å². The van der Waals surface area contributed by atoms with Crippen molar-refractivity contribution in [2.45, 2.75) is 51.1 Å². The number of nitrogens with zero attached hydrogens (tertiary/aromatic N) is 1. The summed E-state index contributed by atoms with van der Waals surface area (Å²) in [5.41, 5.74) is 9.50. The van der Waals surface area contributed by atoms with Gasteiger partial charge in [0, 0.05) is 25.7 Å². The molecule has 1 fully saturated rings. The van der Waals surface area contributed by atoms with Gasteiger partial charge < -0.3 is 10.0 Å². The average Bonchev–Trinajstić information content (AvgIpc) is 3.18. The molecular weight excluding hydrogens is 350 g/mol. The Hall–Kier alpha value is -2.37. The van der Waals surface area contributed by atoms with Crippen molar-refractivity contribution in [1.82, 2.24) is 15.8 Å². The highest BCUT2D eigenvalue weighted by molar-refractivity contribution is 5.96. The maximum atomic E-state index is 12.5. The third kappa shape index (κ3) is 5.33. The Labute approximate surface area is 167 Å². The van der Waals surface area contributed by atoms with Crippen molar-refractivity contribution in [3.05, 3.63) is 65.2 Å². The molecule has 2 unspecified atom stereocenters. The van der Waals surface area contributed by atoms with Crippen LogP contribution in [0.3, 0.4) is 0 Å². The van der Waals surface area contributed by atoms with E-state index in [0.717, 1.165) is 37.7 Å². The number of rotatable bonds is 8. The molecule has 3 N–H and O–H groups in total. The van der Waals surface area contributed by atoms with Gasteiger partial charge in [0.1, 0.15) is 5.75 Å². The molecule has 0 radical (unpaired) electrons. The molecule has 2 aromatic rings. The Bertz CT molecular complexity index is 779. The van der Waals surface area contributed by atoms with Crippen LogP contribution in [0.5, 0.6) is 5.75 Å². The third-order valence-corrected chi connectivity index (χ3v) is 5.46. The van der Waals surface area contributed by atoms with Crippen molar-refractivity contribution in [3.8, 4) is 5.75 Å². The van der Waals surface area contributed by atoms with Crippen LogP contribution in [0.15, 0.2) is 48.5 Å². The number of hydrogen-bond donors (Lipinski definition) is 3. The second-order valence-electron chi connectivity index (χ2n) is 7.78. The topological polar surface area (TPSA) is 64.6 Å².